The highest BCUT2D eigenvalue weighted by atomic mass is 16.5. The van der Waals surface area contributed by atoms with Crippen molar-refractivity contribution in [1.29, 1.82) is 0 Å². The second-order valence-electron chi connectivity index (χ2n) is 5.73. The van der Waals surface area contributed by atoms with Crippen molar-refractivity contribution in [1.82, 2.24) is 0 Å². The number of hydrogen-bond acceptors (Lipinski definition) is 2. The fourth-order valence-corrected chi connectivity index (χ4v) is 2.99. The zero-order valence-corrected chi connectivity index (χ0v) is 11.7. The minimum Gasteiger partial charge on any atom is -0.369 e. The van der Waals surface area contributed by atoms with E-state index in [0.29, 0.717) is 13.2 Å². The zero-order chi connectivity index (χ0) is 13.0. The lowest BCUT2D eigenvalue weighted by atomic mass is 9.84. The van der Waals surface area contributed by atoms with Gasteiger partial charge in [0.25, 0.3) is 0 Å². The summed E-state index contributed by atoms with van der Waals surface area (Å²) in [6, 6.07) is 6.61. The molecule has 0 atom stereocenters. The number of nitrogens with two attached hydrogens (primary N) is 1. The van der Waals surface area contributed by atoms with Crippen molar-refractivity contribution in [3.05, 3.63) is 34.9 Å². The molecule has 2 nitrogen and oxygen atoms in total. The molecule has 2 rings (SSSR count). The fraction of sp³-hybridized carbons (Fsp3) is 0.625. The van der Waals surface area contributed by atoms with Crippen molar-refractivity contribution >= 4 is 0 Å². The lowest BCUT2D eigenvalue weighted by Crippen LogP contribution is -2.42. The highest BCUT2D eigenvalue weighted by molar-refractivity contribution is 5.28. The van der Waals surface area contributed by atoms with E-state index in [1.165, 1.54) is 36.0 Å². The van der Waals surface area contributed by atoms with Crippen molar-refractivity contribution in [3.63, 3.8) is 0 Å². The van der Waals surface area contributed by atoms with Gasteiger partial charge in [0, 0.05) is 6.54 Å². The summed E-state index contributed by atoms with van der Waals surface area (Å²) in [6.45, 7) is 5.61. The van der Waals surface area contributed by atoms with E-state index in [9.17, 15) is 0 Å². The maximum absolute atomic E-state index is 6.19. The summed E-state index contributed by atoms with van der Waals surface area (Å²) in [4.78, 5) is 0. The van der Waals surface area contributed by atoms with Gasteiger partial charge in [-0.1, -0.05) is 48.6 Å². The Balaban J connectivity index is 2.00. The van der Waals surface area contributed by atoms with Crippen LogP contribution in [0.4, 0.5) is 0 Å². The lowest BCUT2D eigenvalue weighted by Gasteiger charge is -2.36. The third-order valence-corrected chi connectivity index (χ3v) is 3.96. The first-order valence-corrected chi connectivity index (χ1v) is 7.05. The molecular weight excluding hydrogens is 222 g/mol. The van der Waals surface area contributed by atoms with Crippen LogP contribution in [0, 0.1) is 13.8 Å². The Morgan fingerprint density at radius 3 is 2.22 bits per heavy atom. The summed E-state index contributed by atoms with van der Waals surface area (Å²) in [5.74, 6) is 0. The molecule has 0 heterocycles. The minimum absolute atomic E-state index is 0.0596. The van der Waals surface area contributed by atoms with E-state index >= 15 is 0 Å². The van der Waals surface area contributed by atoms with Gasteiger partial charge in [0.1, 0.15) is 0 Å². The van der Waals surface area contributed by atoms with Crippen molar-refractivity contribution in [3.8, 4) is 0 Å². The molecule has 0 unspecified atom stereocenters. The Bertz CT molecular complexity index is 374. The summed E-state index contributed by atoms with van der Waals surface area (Å²) >= 11 is 0. The molecule has 0 spiro atoms. The summed E-state index contributed by atoms with van der Waals surface area (Å²) < 4.78 is 6.19. The molecule has 0 bridgehead atoms. The van der Waals surface area contributed by atoms with Gasteiger partial charge in [-0.3, -0.25) is 0 Å². The van der Waals surface area contributed by atoms with Crippen molar-refractivity contribution in [2.45, 2.75) is 58.2 Å². The Morgan fingerprint density at radius 2 is 1.67 bits per heavy atom. The predicted octanol–water partition coefficient (Wildman–Crippen LogP) is 3.48. The smallest absolute Gasteiger partial charge is 0.0808 e. The summed E-state index contributed by atoms with van der Waals surface area (Å²) in [5, 5.41) is 0. The molecule has 1 saturated carbocycles. The highest BCUT2D eigenvalue weighted by Gasteiger charge is 2.31. The monoisotopic (exact) mass is 247 g/mol. The van der Waals surface area contributed by atoms with Crippen LogP contribution in [0.5, 0.6) is 0 Å². The molecule has 100 valence electrons. The van der Waals surface area contributed by atoms with Gasteiger partial charge in [-0.05, 0) is 32.3 Å². The molecule has 2 N–H and O–H groups in total. The molecule has 0 aromatic heterocycles. The van der Waals surface area contributed by atoms with E-state index in [1.54, 1.807) is 0 Å². The van der Waals surface area contributed by atoms with Crippen LogP contribution in [0.15, 0.2) is 18.2 Å². The molecule has 2 heteroatoms. The van der Waals surface area contributed by atoms with Crippen LogP contribution in [0.3, 0.4) is 0 Å². The molecule has 0 amide bonds. The van der Waals surface area contributed by atoms with Gasteiger partial charge in [-0.2, -0.15) is 0 Å². The van der Waals surface area contributed by atoms with Gasteiger partial charge in [-0.25, -0.2) is 0 Å². The average molecular weight is 247 g/mol. The Labute approximate surface area is 111 Å². The first-order valence-electron chi connectivity index (χ1n) is 7.05. The van der Waals surface area contributed by atoms with E-state index in [-0.39, 0.29) is 5.60 Å². The first kappa shape index (κ1) is 13.6. The number of rotatable bonds is 4. The van der Waals surface area contributed by atoms with E-state index in [1.807, 2.05) is 0 Å². The van der Waals surface area contributed by atoms with Gasteiger partial charge < -0.3 is 10.5 Å². The molecular formula is C16H25NO. The molecule has 18 heavy (non-hydrogen) atoms. The molecule has 1 aromatic rings. The number of hydrogen-bond donors (Lipinski definition) is 1. The Hall–Kier alpha value is -0.860. The molecule has 1 aromatic carbocycles. The summed E-state index contributed by atoms with van der Waals surface area (Å²) in [7, 11) is 0. The summed E-state index contributed by atoms with van der Waals surface area (Å²) in [6.07, 6.45) is 6.07. The quantitative estimate of drug-likeness (QED) is 0.884. The Kier molecular flexibility index (Phi) is 4.41. The van der Waals surface area contributed by atoms with Gasteiger partial charge in [0.15, 0.2) is 0 Å². The van der Waals surface area contributed by atoms with Crippen molar-refractivity contribution < 1.29 is 4.74 Å². The number of aryl methyl sites for hydroxylation is 2. The SMILES string of the molecule is Cc1cc(C)cc(COC2(CN)CCCCC2)c1. The third-order valence-electron chi connectivity index (χ3n) is 3.96. The topological polar surface area (TPSA) is 35.2 Å². The van der Waals surface area contributed by atoms with Crippen LogP contribution in [0.1, 0.15) is 48.8 Å². The second kappa shape index (κ2) is 5.85. The number of benzene rings is 1. The maximum Gasteiger partial charge on any atom is 0.0808 e. The molecule has 1 fully saturated rings. The standard InChI is InChI=1S/C16H25NO/c1-13-8-14(2)10-15(9-13)11-18-16(12-17)6-4-3-5-7-16/h8-10H,3-7,11-12,17H2,1-2H3. The van der Waals surface area contributed by atoms with Crippen LogP contribution in [0.2, 0.25) is 0 Å². The normalized spacial score (nSPS) is 18.8. The molecule has 0 radical (unpaired) electrons. The molecule has 1 aliphatic rings. The van der Waals surface area contributed by atoms with E-state index in [4.69, 9.17) is 10.5 Å². The Morgan fingerprint density at radius 1 is 1.06 bits per heavy atom. The van der Waals surface area contributed by atoms with Crippen molar-refractivity contribution in [2.75, 3.05) is 6.54 Å². The molecule has 0 saturated heterocycles. The van der Waals surface area contributed by atoms with Crippen LogP contribution in [0.25, 0.3) is 0 Å². The maximum atomic E-state index is 6.19. The van der Waals surface area contributed by atoms with E-state index in [2.05, 4.69) is 32.0 Å². The number of ether oxygens (including phenoxy) is 1. The van der Waals surface area contributed by atoms with Gasteiger partial charge in [-0.15, -0.1) is 0 Å². The zero-order valence-electron chi connectivity index (χ0n) is 11.7. The van der Waals surface area contributed by atoms with Crippen LogP contribution < -0.4 is 5.73 Å². The lowest BCUT2D eigenvalue weighted by molar-refractivity contribution is -0.0734. The van der Waals surface area contributed by atoms with Crippen LogP contribution in [-0.4, -0.2) is 12.1 Å². The van der Waals surface area contributed by atoms with Crippen molar-refractivity contribution in [2.24, 2.45) is 5.73 Å². The van der Waals surface area contributed by atoms with Gasteiger partial charge in [0.2, 0.25) is 0 Å². The van der Waals surface area contributed by atoms with E-state index < -0.39 is 0 Å². The molecule has 0 aliphatic heterocycles. The van der Waals surface area contributed by atoms with Gasteiger partial charge in [0.05, 0.1) is 12.2 Å². The third kappa shape index (κ3) is 3.33. The largest absolute Gasteiger partial charge is 0.369 e. The molecule has 1 aliphatic carbocycles. The van der Waals surface area contributed by atoms with Gasteiger partial charge >= 0.3 is 0 Å². The second-order valence-corrected chi connectivity index (χ2v) is 5.73. The highest BCUT2D eigenvalue weighted by Crippen LogP contribution is 2.31. The minimum atomic E-state index is -0.0596. The van der Waals surface area contributed by atoms with E-state index in [0.717, 1.165) is 12.8 Å². The average Bonchev–Trinajstić information content (AvgIpc) is 2.36. The predicted molar refractivity (Wildman–Crippen MR) is 75.6 cm³/mol. The van der Waals surface area contributed by atoms with Crippen LogP contribution in [-0.2, 0) is 11.3 Å². The fourth-order valence-electron chi connectivity index (χ4n) is 2.99. The van der Waals surface area contributed by atoms with Crippen LogP contribution >= 0.6 is 0 Å². The summed E-state index contributed by atoms with van der Waals surface area (Å²) in [5.41, 5.74) is 9.76. The first-order chi connectivity index (χ1) is 8.63.